The van der Waals surface area contributed by atoms with Gasteiger partial charge in [-0.3, -0.25) is 19.1 Å². The Labute approximate surface area is 92.9 Å². The number of nitrogens with one attached hydrogen (secondary N) is 1. The minimum atomic E-state index is -1.23. The number of aromatic nitrogens is 2. The lowest BCUT2D eigenvalue weighted by Crippen LogP contribution is -2.32. The molecule has 2 aromatic rings. The van der Waals surface area contributed by atoms with Crippen LogP contribution in [-0.4, -0.2) is 20.6 Å². The van der Waals surface area contributed by atoms with Gasteiger partial charge < -0.3 is 5.11 Å². The van der Waals surface area contributed by atoms with Crippen LogP contribution >= 0.6 is 0 Å². The van der Waals surface area contributed by atoms with Crippen molar-refractivity contribution in [2.45, 2.75) is 6.54 Å². The fourth-order valence-electron chi connectivity index (χ4n) is 1.56. The second-order valence-electron chi connectivity index (χ2n) is 3.40. The number of nitrogens with zero attached hydrogens (tertiary/aromatic N) is 1. The predicted molar refractivity (Wildman–Crippen MR) is 56.4 cm³/mol. The molecule has 0 radical (unpaired) electrons. The Bertz CT molecular complexity index is 716. The first-order chi connectivity index (χ1) is 7.99. The first kappa shape index (κ1) is 11.1. The van der Waals surface area contributed by atoms with E-state index >= 15 is 0 Å². The molecular weight excluding hydrogens is 231 g/mol. The molecule has 0 aliphatic rings. The lowest BCUT2D eigenvalue weighted by atomic mass is 10.2. The highest BCUT2D eigenvalue weighted by atomic mass is 19.1. The molecule has 0 saturated heterocycles. The van der Waals surface area contributed by atoms with E-state index < -0.39 is 29.6 Å². The van der Waals surface area contributed by atoms with E-state index in [-0.39, 0.29) is 10.9 Å². The van der Waals surface area contributed by atoms with E-state index in [0.29, 0.717) is 0 Å². The quantitative estimate of drug-likeness (QED) is 0.765. The van der Waals surface area contributed by atoms with E-state index in [1.54, 1.807) is 0 Å². The van der Waals surface area contributed by atoms with Crippen molar-refractivity contribution in [2.75, 3.05) is 0 Å². The Kier molecular flexibility index (Phi) is 2.51. The molecule has 1 aromatic heterocycles. The van der Waals surface area contributed by atoms with Crippen LogP contribution in [0, 0.1) is 5.82 Å². The molecule has 17 heavy (non-hydrogen) atoms. The van der Waals surface area contributed by atoms with Crippen molar-refractivity contribution in [2.24, 2.45) is 0 Å². The maximum absolute atomic E-state index is 13.0. The Balaban J connectivity index is 2.88. The number of hydrogen-bond donors (Lipinski definition) is 2. The number of hydrogen-bond acceptors (Lipinski definition) is 3. The number of carboxylic acids is 1. The number of benzene rings is 1. The zero-order chi connectivity index (χ0) is 12.6. The number of aliphatic carboxylic acids is 1. The minimum Gasteiger partial charge on any atom is -0.480 e. The average molecular weight is 238 g/mol. The second-order valence-corrected chi connectivity index (χ2v) is 3.40. The molecule has 88 valence electrons. The molecule has 0 amide bonds. The van der Waals surface area contributed by atoms with Crippen LogP contribution in [0.2, 0.25) is 0 Å². The molecule has 0 aliphatic heterocycles. The number of aromatic amines is 1. The average Bonchev–Trinajstić information content (AvgIpc) is 2.24. The monoisotopic (exact) mass is 238 g/mol. The van der Waals surface area contributed by atoms with E-state index in [4.69, 9.17) is 5.11 Å². The molecule has 2 N–H and O–H groups in total. The van der Waals surface area contributed by atoms with Crippen LogP contribution in [0.25, 0.3) is 10.9 Å². The van der Waals surface area contributed by atoms with Gasteiger partial charge in [0, 0.05) is 0 Å². The van der Waals surface area contributed by atoms with E-state index in [9.17, 15) is 18.8 Å². The van der Waals surface area contributed by atoms with Gasteiger partial charge in [0.1, 0.15) is 12.4 Å². The number of carboxylic acid groups (broad SMARTS) is 1. The summed E-state index contributed by atoms with van der Waals surface area (Å²) in [5, 5.41) is 8.58. The summed E-state index contributed by atoms with van der Waals surface area (Å²) in [6.45, 7) is -0.599. The highest BCUT2D eigenvalue weighted by molar-refractivity contribution is 5.79. The van der Waals surface area contributed by atoms with E-state index in [0.717, 1.165) is 16.7 Å². The van der Waals surface area contributed by atoms with Gasteiger partial charge in [0.05, 0.1) is 10.9 Å². The van der Waals surface area contributed by atoms with Crippen LogP contribution in [0.15, 0.2) is 27.8 Å². The SMILES string of the molecule is O=C(O)Cn1c(=O)[nH]c(=O)c2cc(F)ccc21. The highest BCUT2D eigenvalue weighted by Gasteiger charge is 2.10. The van der Waals surface area contributed by atoms with Gasteiger partial charge in [-0.05, 0) is 18.2 Å². The summed E-state index contributed by atoms with van der Waals surface area (Å²) in [6.07, 6.45) is 0. The minimum absolute atomic E-state index is 0.0640. The van der Waals surface area contributed by atoms with Gasteiger partial charge in [-0.2, -0.15) is 0 Å². The van der Waals surface area contributed by atoms with Crippen molar-refractivity contribution < 1.29 is 14.3 Å². The van der Waals surface area contributed by atoms with Gasteiger partial charge in [-0.15, -0.1) is 0 Å². The maximum Gasteiger partial charge on any atom is 0.329 e. The summed E-state index contributed by atoms with van der Waals surface area (Å²) in [5.74, 6) is -1.87. The summed E-state index contributed by atoms with van der Waals surface area (Å²) < 4.78 is 13.8. The molecule has 2 rings (SSSR count). The zero-order valence-electron chi connectivity index (χ0n) is 8.44. The van der Waals surface area contributed by atoms with Crippen molar-refractivity contribution in [1.29, 1.82) is 0 Å². The Hall–Kier alpha value is -2.44. The Morgan fingerprint density at radius 1 is 1.41 bits per heavy atom. The lowest BCUT2D eigenvalue weighted by Gasteiger charge is -2.06. The summed E-state index contributed by atoms with van der Waals surface area (Å²) in [5.41, 5.74) is -1.50. The van der Waals surface area contributed by atoms with Crippen molar-refractivity contribution >= 4 is 16.9 Å². The van der Waals surface area contributed by atoms with Gasteiger partial charge in [0.2, 0.25) is 0 Å². The van der Waals surface area contributed by atoms with E-state index in [2.05, 4.69) is 0 Å². The molecular formula is C10H7FN2O4. The van der Waals surface area contributed by atoms with Crippen LogP contribution in [0.3, 0.4) is 0 Å². The van der Waals surface area contributed by atoms with Crippen molar-refractivity contribution in [3.8, 4) is 0 Å². The van der Waals surface area contributed by atoms with Gasteiger partial charge in [0.25, 0.3) is 5.56 Å². The largest absolute Gasteiger partial charge is 0.480 e. The van der Waals surface area contributed by atoms with Gasteiger partial charge in [-0.25, -0.2) is 9.18 Å². The standard InChI is InChI=1S/C10H7FN2O4/c11-5-1-2-7-6(3-5)9(16)12-10(17)13(7)4-8(14)15/h1-3H,4H2,(H,14,15)(H,12,16,17). The molecule has 0 spiro atoms. The van der Waals surface area contributed by atoms with Crippen LogP contribution in [0.4, 0.5) is 4.39 Å². The number of fused-ring (bicyclic) bond motifs is 1. The third-order valence-electron chi connectivity index (χ3n) is 2.25. The molecule has 0 bridgehead atoms. The van der Waals surface area contributed by atoms with E-state index in [1.165, 1.54) is 6.07 Å². The third-order valence-corrected chi connectivity index (χ3v) is 2.25. The van der Waals surface area contributed by atoms with Gasteiger partial charge in [0.15, 0.2) is 0 Å². The Morgan fingerprint density at radius 3 is 2.76 bits per heavy atom. The summed E-state index contributed by atoms with van der Waals surface area (Å²) in [7, 11) is 0. The molecule has 1 heterocycles. The summed E-state index contributed by atoms with van der Waals surface area (Å²) >= 11 is 0. The fourth-order valence-corrected chi connectivity index (χ4v) is 1.56. The summed E-state index contributed by atoms with van der Waals surface area (Å²) in [4.78, 5) is 35.4. The molecule has 1 aromatic carbocycles. The van der Waals surface area contributed by atoms with Gasteiger partial charge >= 0.3 is 11.7 Å². The smallest absolute Gasteiger partial charge is 0.329 e. The van der Waals surface area contributed by atoms with Crippen LogP contribution in [-0.2, 0) is 11.3 Å². The maximum atomic E-state index is 13.0. The predicted octanol–water partition coefficient (Wildman–Crippen LogP) is -0.0865. The van der Waals surface area contributed by atoms with Crippen LogP contribution in [0.1, 0.15) is 0 Å². The Morgan fingerprint density at radius 2 is 2.12 bits per heavy atom. The van der Waals surface area contributed by atoms with Crippen molar-refractivity contribution in [1.82, 2.24) is 9.55 Å². The molecule has 0 fully saturated rings. The molecule has 6 nitrogen and oxygen atoms in total. The first-order valence-corrected chi connectivity index (χ1v) is 4.63. The lowest BCUT2D eigenvalue weighted by molar-refractivity contribution is -0.137. The fraction of sp³-hybridized carbons (Fsp3) is 0.100. The topological polar surface area (TPSA) is 92.2 Å². The van der Waals surface area contributed by atoms with Crippen molar-refractivity contribution in [3.05, 3.63) is 44.9 Å². The second kappa shape index (κ2) is 3.85. The number of halogens is 1. The molecule has 7 heteroatoms. The normalized spacial score (nSPS) is 10.6. The van der Waals surface area contributed by atoms with Gasteiger partial charge in [-0.1, -0.05) is 0 Å². The zero-order valence-corrected chi connectivity index (χ0v) is 8.44. The number of rotatable bonds is 2. The van der Waals surface area contributed by atoms with Crippen LogP contribution in [0.5, 0.6) is 0 Å². The number of carbonyl (C=O) groups is 1. The molecule has 0 unspecified atom stereocenters. The molecule has 0 aliphatic carbocycles. The highest BCUT2D eigenvalue weighted by Crippen LogP contribution is 2.09. The first-order valence-electron chi connectivity index (χ1n) is 4.63. The van der Waals surface area contributed by atoms with E-state index in [1.807, 2.05) is 4.98 Å². The third kappa shape index (κ3) is 1.94. The molecule has 0 saturated carbocycles. The summed E-state index contributed by atoms with van der Waals surface area (Å²) in [6, 6.07) is 3.20. The van der Waals surface area contributed by atoms with Crippen molar-refractivity contribution in [3.63, 3.8) is 0 Å². The number of H-pyrrole nitrogens is 1. The van der Waals surface area contributed by atoms with Crippen LogP contribution < -0.4 is 11.2 Å². The molecule has 0 atom stereocenters.